The van der Waals surface area contributed by atoms with Crippen molar-refractivity contribution >= 4 is 5.91 Å². The van der Waals surface area contributed by atoms with E-state index < -0.39 is 11.7 Å². The van der Waals surface area contributed by atoms with Crippen LogP contribution in [0.2, 0.25) is 0 Å². The lowest BCUT2D eigenvalue weighted by molar-refractivity contribution is 0.0945. The first-order valence-electron chi connectivity index (χ1n) is 5.20. The van der Waals surface area contributed by atoms with Crippen LogP contribution in [0.4, 0.5) is 4.39 Å². The molecule has 0 fully saturated rings. The summed E-state index contributed by atoms with van der Waals surface area (Å²) >= 11 is 0. The van der Waals surface area contributed by atoms with Crippen molar-refractivity contribution in [3.05, 3.63) is 53.4 Å². The summed E-state index contributed by atoms with van der Waals surface area (Å²) in [6.45, 7) is 1.87. The van der Waals surface area contributed by atoms with Crippen molar-refractivity contribution in [1.82, 2.24) is 15.3 Å². The topological polar surface area (TPSA) is 57.8 Å². The van der Waals surface area contributed by atoms with Crippen molar-refractivity contribution in [3.8, 4) is 0 Å². The molecule has 0 aliphatic heterocycles. The molecule has 0 radical (unpaired) electrons. The lowest BCUT2D eigenvalue weighted by Crippen LogP contribution is -2.24. The van der Waals surface area contributed by atoms with E-state index in [1.807, 2.05) is 0 Å². The van der Waals surface area contributed by atoms with Gasteiger partial charge in [-0.3, -0.25) is 4.79 Å². The highest BCUT2D eigenvalue weighted by molar-refractivity contribution is 5.94. The Morgan fingerprint density at radius 2 is 2.35 bits per heavy atom. The van der Waals surface area contributed by atoms with Crippen molar-refractivity contribution in [1.29, 1.82) is 0 Å². The van der Waals surface area contributed by atoms with E-state index in [0.717, 1.165) is 0 Å². The van der Waals surface area contributed by atoms with Gasteiger partial charge < -0.3 is 10.3 Å². The van der Waals surface area contributed by atoms with Crippen LogP contribution in [0.3, 0.4) is 0 Å². The monoisotopic (exact) mass is 233 g/mol. The number of hydrogen-bond donors (Lipinski definition) is 2. The predicted molar refractivity (Wildman–Crippen MR) is 60.9 cm³/mol. The zero-order valence-electron chi connectivity index (χ0n) is 9.33. The van der Waals surface area contributed by atoms with Crippen molar-refractivity contribution in [2.45, 2.75) is 13.5 Å². The van der Waals surface area contributed by atoms with Gasteiger partial charge in [-0.25, -0.2) is 9.37 Å². The summed E-state index contributed by atoms with van der Waals surface area (Å²) in [5.74, 6) is -0.293. The van der Waals surface area contributed by atoms with E-state index in [9.17, 15) is 9.18 Å². The van der Waals surface area contributed by atoms with Gasteiger partial charge in [0.25, 0.3) is 5.91 Å². The maximum Gasteiger partial charge on any atom is 0.254 e. The summed E-state index contributed by atoms with van der Waals surface area (Å²) in [7, 11) is 0. The van der Waals surface area contributed by atoms with Crippen LogP contribution in [0.1, 0.15) is 21.7 Å². The number of amides is 1. The van der Waals surface area contributed by atoms with Gasteiger partial charge in [-0.15, -0.1) is 0 Å². The molecular formula is C12H12FN3O. The SMILES string of the molecule is Cc1cccc(C(=O)NCc2ncc[nH]2)c1F. The average Bonchev–Trinajstić information content (AvgIpc) is 2.82. The van der Waals surface area contributed by atoms with Crippen LogP contribution in [0, 0.1) is 12.7 Å². The highest BCUT2D eigenvalue weighted by Gasteiger charge is 2.12. The highest BCUT2D eigenvalue weighted by atomic mass is 19.1. The van der Waals surface area contributed by atoms with Crippen LogP contribution in [-0.2, 0) is 6.54 Å². The Balaban J connectivity index is 2.07. The van der Waals surface area contributed by atoms with E-state index in [1.54, 1.807) is 31.5 Å². The predicted octanol–water partition coefficient (Wildman–Crippen LogP) is 1.79. The number of aryl methyl sites for hydroxylation is 1. The van der Waals surface area contributed by atoms with E-state index in [1.165, 1.54) is 6.07 Å². The molecule has 1 heterocycles. The number of carbonyl (C=O) groups is 1. The number of aromatic amines is 1. The molecule has 0 aliphatic carbocycles. The highest BCUT2D eigenvalue weighted by Crippen LogP contribution is 2.11. The van der Waals surface area contributed by atoms with Gasteiger partial charge in [0, 0.05) is 12.4 Å². The number of carbonyl (C=O) groups excluding carboxylic acids is 1. The zero-order valence-corrected chi connectivity index (χ0v) is 9.33. The van der Waals surface area contributed by atoms with Gasteiger partial charge in [0.15, 0.2) is 0 Å². The maximum atomic E-state index is 13.6. The second kappa shape index (κ2) is 4.78. The van der Waals surface area contributed by atoms with E-state index in [0.29, 0.717) is 11.4 Å². The van der Waals surface area contributed by atoms with Gasteiger partial charge in [-0.2, -0.15) is 0 Å². The van der Waals surface area contributed by atoms with Gasteiger partial charge in [-0.05, 0) is 18.6 Å². The van der Waals surface area contributed by atoms with Crippen LogP contribution < -0.4 is 5.32 Å². The van der Waals surface area contributed by atoms with Gasteiger partial charge in [-0.1, -0.05) is 12.1 Å². The van der Waals surface area contributed by atoms with Crippen LogP contribution >= 0.6 is 0 Å². The number of H-pyrrole nitrogens is 1. The molecule has 0 unspecified atom stereocenters. The zero-order chi connectivity index (χ0) is 12.3. The molecule has 0 atom stereocenters. The number of aromatic nitrogens is 2. The number of nitrogens with zero attached hydrogens (tertiary/aromatic N) is 1. The van der Waals surface area contributed by atoms with Gasteiger partial charge >= 0.3 is 0 Å². The van der Waals surface area contributed by atoms with E-state index in [-0.39, 0.29) is 12.1 Å². The molecule has 0 saturated carbocycles. The van der Waals surface area contributed by atoms with Crippen molar-refractivity contribution in [3.63, 3.8) is 0 Å². The Morgan fingerprint density at radius 1 is 1.53 bits per heavy atom. The minimum atomic E-state index is -0.482. The number of imidazole rings is 1. The summed E-state index contributed by atoms with van der Waals surface area (Å²) in [5, 5.41) is 2.60. The molecule has 88 valence electrons. The van der Waals surface area contributed by atoms with Gasteiger partial charge in [0.05, 0.1) is 12.1 Å². The third-order valence-corrected chi connectivity index (χ3v) is 2.41. The smallest absolute Gasteiger partial charge is 0.254 e. The largest absolute Gasteiger partial charge is 0.347 e. The number of nitrogens with one attached hydrogen (secondary N) is 2. The summed E-state index contributed by atoms with van der Waals surface area (Å²) in [5.41, 5.74) is 0.507. The van der Waals surface area contributed by atoms with E-state index in [2.05, 4.69) is 15.3 Å². The lowest BCUT2D eigenvalue weighted by atomic mass is 10.1. The van der Waals surface area contributed by atoms with Crippen molar-refractivity contribution in [2.24, 2.45) is 0 Å². The minimum Gasteiger partial charge on any atom is -0.347 e. The quantitative estimate of drug-likeness (QED) is 0.849. The molecule has 1 aromatic heterocycles. The van der Waals surface area contributed by atoms with Gasteiger partial charge in [0.1, 0.15) is 11.6 Å². The number of hydrogen-bond acceptors (Lipinski definition) is 2. The van der Waals surface area contributed by atoms with Crippen molar-refractivity contribution in [2.75, 3.05) is 0 Å². The first kappa shape index (κ1) is 11.3. The first-order chi connectivity index (χ1) is 8.18. The Kier molecular flexibility index (Phi) is 3.18. The molecule has 0 spiro atoms. The summed E-state index contributed by atoms with van der Waals surface area (Å²) in [6.07, 6.45) is 3.25. The van der Waals surface area contributed by atoms with Crippen LogP contribution in [0.25, 0.3) is 0 Å². The second-order valence-electron chi connectivity index (χ2n) is 3.65. The van der Waals surface area contributed by atoms with E-state index >= 15 is 0 Å². The Hall–Kier alpha value is -2.17. The standard InChI is InChI=1S/C12H12FN3O/c1-8-3-2-4-9(11(8)13)12(17)16-7-10-14-5-6-15-10/h2-6H,7H2,1H3,(H,14,15)(H,16,17). The fourth-order valence-electron chi connectivity index (χ4n) is 1.48. The minimum absolute atomic E-state index is 0.0524. The Morgan fingerprint density at radius 3 is 3.06 bits per heavy atom. The van der Waals surface area contributed by atoms with Crippen LogP contribution in [0.15, 0.2) is 30.6 Å². The van der Waals surface area contributed by atoms with Crippen molar-refractivity contribution < 1.29 is 9.18 Å². The third kappa shape index (κ3) is 2.50. The Bertz CT molecular complexity index is 523. The molecule has 1 amide bonds. The molecule has 0 saturated heterocycles. The maximum absolute atomic E-state index is 13.6. The fourth-order valence-corrected chi connectivity index (χ4v) is 1.48. The molecule has 2 rings (SSSR count). The molecule has 2 aromatic rings. The molecule has 17 heavy (non-hydrogen) atoms. The fraction of sp³-hybridized carbons (Fsp3) is 0.167. The molecule has 4 nitrogen and oxygen atoms in total. The molecule has 5 heteroatoms. The molecule has 0 bridgehead atoms. The summed E-state index contributed by atoms with van der Waals surface area (Å²) in [4.78, 5) is 18.5. The normalized spacial score (nSPS) is 10.2. The number of benzene rings is 1. The molecular weight excluding hydrogens is 221 g/mol. The molecule has 2 N–H and O–H groups in total. The molecule has 1 aromatic carbocycles. The lowest BCUT2D eigenvalue weighted by Gasteiger charge is -2.05. The summed E-state index contributed by atoms with van der Waals surface area (Å²) < 4.78 is 13.6. The average molecular weight is 233 g/mol. The number of halogens is 1. The first-order valence-corrected chi connectivity index (χ1v) is 5.20. The van der Waals surface area contributed by atoms with Crippen LogP contribution in [0.5, 0.6) is 0 Å². The van der Waals surface area contributed by atoms with Gasteiger partial charge in [0.2, 0.25) is 0 Å². The number of rotatable bonds is 3. The Labute approximate surface area is 97.9 Å². The second-order valence-corrected chi connectivity index (χ2v) is 3.65. The summed E-state index contributed by atoms with van der Waals surface area (Å²) in [6, 6.07) is 4.73. The van der Waals surface area contributed by atoms with E-state index in [4.69, 9.17) is 0 Å². The van der Waals surface area contributed by atoms with Crippen LogP contribution in [-0.4, -0.2) is 15.9 Å². The third-order valence-electron chi connectivity index (χ3n) is 2.41. The molecule has 0 aliphatic rings.